The molecule has 7 nitrogen and oxygen atoms in total. The molecular formula is C14H18F5N3O4S. The summed E-state index contributed by atoms with van der Waals surface area (Å²) in [5.74, 6) is -0.966. The molecule has 0 aromatic carbocycles. The molecule has 0 bridgehead atoms. The fraction of sp³-hybridized carbons (Fsp3) is 0.714. The molecule has 0 spiro atoms. The fourth-order valence-corrected chi connectivity index (χ4v) is 4.73. The molecule has 1 aromatic heterocycles. The Labute approximate surface area is 152 Å². The van der Waals surface area contributed by atoms with Gasteiger partial charge < -0.3 is 9.57 Å². The van der Waals surface area contributed by atoms with Crippen LogP contribution in [0, 0.1) is 0 Å². The lowest BCUT2D eigenvalue weighted by atomic mass is 10.1. The van der Waals surface area contributed by atoms with E-state index in [0.29, 0.717) is 4.68 Å². The predicted octanol–water partition coefficient (Wildman–Crippen LogP) is 3.42. The van der Waals surface area contributed by atoms with Gasteiger partial charge in [0.05, 0.1) is 10.8 Å². The molecule has 0 saturated carbocycles. The van der Waals surface area contributed by atoms with Gasteiger partial charge in [-0.3, -0.25) is 0 Å². The second kappa shape index (κ2) is 6.91. The van der Waals surface area contributed by atoms with Crippen molar-refractivity contribution < 1.29 is 39.9 Å². The Balaban J connectivity index is 2.65. The molecule has 1 aliphatic rings. The molecular weight excluding hydrogens is 401 g/mol. The maximum absolute atomic E-state index is 13.4. The van der Waals surface area contributed by atoms with E-state index in [1.807, 2.05) is 0 Å². The molecule has 0 aliphatic carbocycles. The number of sulfone groups is 1. The van der Waals surface area contributed by atoms with E-state index in [9.17, 15) is 30.4 Å². The Morgan fingerprint density at radius 3 is 2.33 bits per heavy atom. The van der Waals surface area contributed by atoms with Crippen molar-refractivity contribution in [3.05, 3.63) is 11.3 Å². The van der Waals surface area contributed by atoms with E-state index in [1.165, 1.54) is 6.92 Å². The number of hydrogen-bond donors (Lipinski definition) is 0. The summed E-state index contributed by atoms with van der Waals surface area (Å²) < 4.78 is 96.1. The molecule has 1 aromatic rings. The average Bonchev–Trinajstić information content (AvgIpc) is 3.01. The van der Waals surface area contributed by atoms with E-state index in [4.69, 9.17) is 4.84 Å². The summed E-state index contributed by atoms with van der Waals surface area (Å²) in [6.45, 7) is 0.947. The van der Waals surface area contributed by atoms with Gasteiger partial charge in [-0.05, 0) is 20.3 Å². The predicted molar refractivity (Wildman–Crippen MR) is 84.0 cm³/mol. The van der Waals surface area contributed by atoms with Crippen LogP contribution in [0.4, 0.5) is 22.0 Å². The van der Waals surface area contributed by atoms with E-state index in [-0.39, 0.29) is 12.8 Å². The van der Waals surface area contributed by atoms with Gasteiger partial charge in [0.15, 0.2) is 10.7 Å². The van der Waals surface area contributed by atoms with E-state index in [0.717, 1.165) is 7.05 Å². The number of aromatic nitrogens is 2. The minimum Gasteiger partial charge on any atom is -0.417 e. The highest BCUT2D eigenvalue weighted by atomic mass is 32.2. The fourth-order valence-electron chi connectivity index (χ4n) is 2.75. The Morgan fingerprint density at radius 2 is 1.93 bits per heavy atom. The maximum atomic E-state index is 13.4. The summed E-state index contributed by atoms with van der Waals surface area (Å²) in [5, 5.41) is 4.35. The van der Waals surface area contributed by atoms with Gasteiger partial charge in [-0.25, -0.2) is 13.1 Å². The molecule has 13 heteroatoms. The standard InChI is InChI=1S/C14H18F5N3O4S/c1-5-7(27(23,24)8-6-13(2,3)26-21-8)9-10(14(17,18)19)20-22(4)11(9)25-12(15)16/h7,12H,5-6H2,1-4H3. The third kappa shape index (κ3) is 4.17. The zero-order valence-corrected chi connectivity index (χ0v) is 15.7. The Bertz CT molecular complexity index is 846. The monoisotopic (exact) mass is 419 g/mol. The van der Waals surface area contributed by atoms with Crippen molar-refractivity contribution in [2.75, 3.05) is 0 Å². The topological polar surface area (TPSA) is 82.8 Å². The van der Waals surface area contributed by atoms with E-state index >= 15 is 0 Å². The van der Waals surface area contributed by atoms with Crippen LogP contribution in [0.2, 0.25) is 0 Å². The van der Waals surface area contributed by atoms with Crippen LogP contribution < -0.4 is 4.74 Å². The molecule has 0 fully saturated rings. The lowest BCUT2D eigenvalue weighted by molar-refractivity contribution is -0.142. The minimum atomic E-state index is -5.08. The first-order valence-corrected chi connectivity index (χ1v) is 9.33. The summed E-state index contributed by atoms with van der Waals surface area (Å²) in [5.41, 5.74) is -3.53. The number of ether oxygens (including phenoxy) is 1. The lowest BCUT2D eigenvalue weighted by Gasteiger charge is -2.19. The number of halogens is 5. The van der Waals surface area contributed by atoms with Gasteiger partial charge in [-0.15, -0.1) is 0 Å². The highest BCUT2D eigenvalue weighted by Gasteiger charge is 2.48. The largest absolute Gasteiger partial charge is 0.435 e. The first-order chi connectivity index (χ1) is 12.2. The van der Waals surface area contributed by atoms with Gasteiger partial charge in [-0.2, -0.15) is 27.1 Å². The summed E-state index contributed by atoms with van der Waals surface area (Å²) in [6.07, 6.45) is -5.60. The van der Waals surface area contributed by atoms with E-state index in [2.05, 4.69) is 15.0 Å². The quantitative estimate of drug-likeness (QED) is 0.683. The zero-order valence-electron chi connectivity index (χ0n) is 14.8. The van der Waals surface area contributed by atoms with Gasteiger partial charge >= 0.3 is 12.8 Å². The van der Waals surface area contributed by atoms with Crippen LogP contribution >= 0.6 is 0 Å². The summed E-state index contributed by atoms with van der Waals surface area (Å²) in [7, 11) is -3.50. The van der Waals surface area contributed by atoms with Crippen LogP contribution in [-0.2, 0) is 27.9 Å². The molecule has 27 heavy (non-hydrogen) atoms. The number of nitrogens with zero attached hydrogens (tertiary/aromatic N) is 3. The van der Waals surface area contributed by atoms with Crippen molar-refractivity contribution in [3.8, 4) is 5.88 Å². The van der Waals surface area contributed by atoms with Crippen LogP contribution in [0.5, 0.6) is 5.88 Å². The van der Waals surface area contributed by atoms with Crippen molar-refractivity contribution >= 4 is 14.9 Å². The van der Waals surface area contributed by atoms with Gasteiger partial charge in [0.25, 0.3) is 0 Å². The third-order valence-electron chi connectivity index (χ3n) is 3.87. The second-order valence-electron chi connectivity index (χ2n) is 6.52. The maximum Gasteiger partial charge on any atom is 0.435 e. The minimum absolute atomic E-state index is 0.168. The van der Waals surface area contributed by atoms with Crippen LogP contribution in [0.3, 0.4) is 0 Å². The van der Waals surface area contributed by atoms with Gasteiger partial charge in [-0.1, -0.05) is 12.1 Å². The summed E-state index contributed by atoms with van der Waals surface area (Å²) in [4.78, 5) is 4.98. The van der Waals surface area contributed by atoms with Gasteiger partial charge in [0.2, 0.25) is 15.7 Å². The molecule has 0 saturated heterocycles. The molecule has 1 aliphatic heterocycles. The van der Waals surface area contributed by atoms with Crippen molar-refractivity contribution in [1.29, 1.82) is 0 Å². The lowest BCUT2D eigenvalue weighted by Crippen LogP contribution is -2.27. The van der Waals surface area contributed by atoms with Crippen LogP contribution in [0.15, 0.2) is 5.16 Å². The van der Waals surface area contributed by atoms with Crippen LogP contribution in [-0.4, -0.2) is 35.5 Å². The first kappa shape index (κ1) is 21.4. The Morgan fingerprint density at radius 1 is 1.33 bits per heavy atom. The van der Waals surface area contributed by atoms with Crippen molar-refractivity contribution in [1.82, 2.24) is 9.78 Å². The van der Waals surface area contributed by atoms with Crippen molar-refractivity contribution in [2.24, 2.45) is 12.2 Å². The van der Waals surface area contributed by atoms with Crippen molar-refractivity contribution in [2.45, 2.75) is 57.3 Å². The number of alkyl halides is 5. The van der Waals surface area contributed by atoms with E-state index < -0.39 is 55.7 Å². The SMILES string of the molecule is CCC(c1c(C(F)(F)F)nn(C)c1OC(F)F)S(=O)(=O)C1=NOC(C)(C)C1. The first-order valence-electron chi connectivity index (χ1n) is 7.78. The molecule has 2 rings (SSSR count). The van der Waals surface area contributed by atoms with Crippen molar-refractivity contribution in [3.63, 3.8) is 0 Å². The number of oxime groups is 1. The summed E-state index contributed by atoms with van der Waals surface area (Å²) in [6, 6.07) is 0. The molecule has 1 atom stereocenters. The van der Waals surface area contributed by atoms with E-state index in [1.54, 1.807) is 13.8 Å². The molecule has 154 valence electrons. The molecule has 0 radical (unpaired) electrons. The molecule has 2 heterocycles. The average molecular weight is 419 g/mol. The highest BCUT2D eigenvalue weighted by Crippen LogP contribution is 2.44. The number of aryl methyl sites for hydroxylation is 1. The third-order valence-corrected chi connectivity index (χ3v) is 6.06. The number of hydrogen-bond acceptors (Lipinski definition) is 6. The molecule has 1 unspecified atom stereocenters. The number of rotatable bonds is 5. The van der Waals surface area contributed by atoms with Crippen LogP contribution in [0.1, 0.15) is 50.1 Å². The molecule has 0 amide bonds. The normalized spacial score (nSPS) is 18.4. The van der Waals surface area contributed by atoms with Gasteiger partial charge in [0, 0.05) is 13.5 Å². The zero-order chi connectivity index (χ0) is 20.8. The highest BCUT2D eigenvalue weighted by molar-refractivity contribution is 8.06. The summed E-state index contributed by atoms with van der Waals surface area (Å²) >= 11 is 0. The Hall–Kier alpha value is -1.92. The second-order valence-corrected chi connectivity index (χ2v) is 8.65. The van der Waals surface area contributed by atoms with Crippen LogP contribution in [0.25, 0.3) is 0 Å². The van der Waals surface area contributed by atoms with Gasteiger partial charge in [0.1, 0.15) is 5.60 Å². The smallest absolute Gasteiger partial charge is 0.417 e. The Kier molecular flexibility index (Phi) is 5.47. The molecule has 0 N–H and O–H groups in total.